The van der Waals surface area contributed by atoms with Crippen LogP contribution >= 0.6 is 15.9 Å². The Morgan fingerprint density at radius 1 is 1.28 bits per heavy atom. The second-order valence-electron chi connectivity index (χ2n) is 3.55. The van der Waals surface area contributed by atoms with E-state index in [1.165, 1.54) is 4.68 Å². The van der Waals surface area contributed by atoms with Gasteiger partial charge >= 0.3 is 0 Å². The van der Waals surface area contributed by atoms with E-state index in [9.17, 15) is 0 Å². The first-order valence-corrected chi connectivity index (χ1v) is 5.92. The number of rotatable bonds is 2. The third-order valence-corrected chi connectivity index (χ3v) is 2.76. The number of nitrogens with zero attached hydrogens (tertiary/aromatic N) is 4. The Morgan fingerprint density at radius 3 is 2.83 bits per heavy atom. The van der Waals surface area contributed by atoms with Gasteiger partial charge in [-0.2, -0.15) is 14.9 Å². The molecule has 18 heavy (non-hydrogen) atoms. The van der Waals surface area contributed by atoms with Crippen LogP contribution in [0.25, 0.3) is 17.3 Å². The Kier molecular flexibility index (Phi) is 2.60. The Bertz CT molecular complexity index is 676. The fraction of sp³-hybridized carbons (Fsp3) is 0. The SMILES string of the molecule is Nc1cc(-c2ccc(Br)o2)nn1-c1cccnn1. The van der Waals surface area contributed by atoms with Gasteiger partial charge in [0.05, 0.1) is 0 Å². The van der Waals surface area contributed by atoms with E-state index in [1.807, 2.05) is 6.07 Å². The van der Waals surface area contributed by atoms with Crippen LogP contribution in [-0.4, -0.2) is 20.0 Å². The molecule has 3 aromatic rings. The quantitative estimate of drug-likeness (QED) is 0.785. The van der Waals surface area contributed by atoms with Crippen molar-refractivity contribution in [3.8, 4) is 17.3 Å². The lowest BCUT2D eigenvalue weighted by molar-refractivity contribution is 0.553. The molecule has 3 heterocycles. The maximum Gasteiger partial charge on any atom is 0.177 e. The number of halogens is 1. The molecule has 0 spiro atoms. The van der Waals surface area contributed by atoms with Crippen molar-refractivity contribution in [2.75, 3.05) is 5.73 Å². The van der Waals surface area contributed by atoms with Crippen molar-refractivity contribution in [2.45, 2.75) is 0 Å². The molecule has 0 fully saturated rings. The van der Waals surface area contributed by atoms with Gasteiger partial charge in [-0.05, 0) is 40.2 Å². The summed E-state index contributed by atoms with van der Waals surface area (Å²) in [7, 11) is 0. The highest BCUT2D eigenvalue weighted by molar-refractivity contribution is 9.10. The number of anilines is 1. The molecule has 0 aliphatic rings. The van der Waals surface area contributed by atoms with Gasteiger partial charge in [0, 0.05) is 12.3 Å². The molecule has 0 aliphatic carbocycles. The van der Waals surface area contributed by atoms with E-state index in [1.54, 1.807) is 30.5 Å². The summed E-state index contributed by atoms with van der Waals surface area (Å²) in [6.45, 7) is 0. The van der Waals surface area contributed by atoms with Crippen LogP contribution < -0.4 is 5.73 Å². The molecule has 90 valence electrons. The molecule has 0 radical (unpaired) electrons. The predicted molar refractivity (Wildman–Crippen MR) is 69.0 cm³/mol. The molecular weight excluding hydrogens is 298 g/mol. The van der Waals surface area contributed by atoms with Crippen molar-refractivity contribution in [2.24, 2.45) is 0 Å². The molecule has 0 amide bonds. The summed E-state index contributed by atoms with van der Waals surface area (Å²) < 4.78 is 7.58. The van der Waals surface area contributed by atoms with Crippen molar-refractivity contribution >= 4 is 21.7 Å². The Hall–Kier alpha value is -2.15. The lowest BCUT2D eigenvalue weighted by Gasteiger charge is -1.99. The molecule has 0 aliphatic heterocycles. The van der Waals surface area contributed by atoms with Crippen LogP contribution in [0.1, 0.15) is 0 Å². The fourth-order valence-electron chi connectivity index (χ4n) is 1.56. The number of hydrogen-bond acceptors (Lipinski definition) is 5. The maximum atomic E-state index is 5.90. The van der Waals surface area contributed by atoms with E-state index < -0.39 is 0 Å². The third kappa shape index (κ3) is 1.88. The molecule has 0 atom stereocenters. The van der Waals surface area contributed by atoms with Crippen LogP contribution in [0.2, 0.25) is 0 Å². The van der Waals surface area contributed by atoms with E-state index in [4.69, 9.17) is 10.2 Å². The smallest absolute Gasteiger partial charge is 0.177 e. The number of nitrogen functional groups attached to an aromatic ring is 1. The lowest BCUT2D eigenvalue weighted by atomic mass is 10.3. The Morgan fingerprint density at radius 2 is 2.17 bits per heavy atom. The second-order valence-corrected chi connectivity index (χ2v) is 4.33. The number of aromatic nitrogens is 4. The second kappa shape index (κ2) is 4.26. The van der Waals surface area contributed by atoms with E-state index in [0.717, 1.165) is 0 Å². The highest BCUT2D eigenvalue weighted by Gasteiger charge is 2.12. The monoisotopic (exact) mass is 305 g/mol. The zero-order valence-corrected chi connectivity index (χ0v) is 10.7. The van der Waals surface area contributed by atoms with Crippen molar-refractivity contribution in [3.05, 3.63) is 41.2 Å². The topological polar surface area (TPSA) is 82.8 Å². The van der Waals surface area contributed by atoms with Crippen LogP contribution in [0, 0.1) is 0 Å². The highest BCUT2D eigenvalue weighted by atomic mass is 79.9. The number of hydrogen-bond donors (Lipinski definition) is 1. The van der Waals surface area contributed by atoms with Gasteiger partial charge in [-0.25, -0.2) is 0 Å². The van der Waals surface area contributed by atoms with Crippen LogP contribution in [0.4, 0.5) is 5.82 Å². The summed E-state index contributed by atoms with van der Waals surface area (Å²) >= 11 is 3.24. The fourth-order valence-corrected chi connectivity index (χ4v) is 1.86. The summed E-state index contributed by atoms with van der Waals surface area (Å²) in [4.78, 5) is 0. The number of furan rings is 1. The Balaban J connectivity index is 2.06. The minimum Gasteiger partial charge on any atom is -0.448 e. The maximum absolute atomic E-state index is 5.90. The molecule has 3 rings (SSSR count). The van der Waals surface area contributed by atoms with Gasteiger partial charge in [0.2, 0.25) is 0 Å². The standard InChI is InChI=1S/C11H8BrN5O/c12-9-4-3-8(18-9)7-6-10(13)17(16-7)11-2-1-5-14-15-11/h1-6H,13H2. The predicted octanol–water partition coefficient (Wildman–Crippen LogP) is 2.27. The van der Waals surface area contributed by atoms with Gasteiger partial charge < -0.3 is 10.2 Å². The largest absolute Gasteiger partial charge is 0.448 e. The zero-order chi connectivity index (χ0) is 12.5. The summed E-state index contributed by atoms with van der Waals surface area (Å²) in [6.07, 6.45) is 1.59. The summed E-state index contributed by atoms with van der Waals surface area (Å²) in [5.41, 5.74) is 6.54. The van der Waals surface area contributed by atoms with Gasteiger partial charge in [0.1, 0.15) is 11.5 Å². The summed E-state index contributed by atoms with van der Waals surface area (Å²) in [5.74, 6) is 1.67. The van der Waals surface area contributed by atoms with Gasteiger partial charge in [0.15, 0.2) is 16.2 Å². The van der Waals surface area contributed by atoms with E-state index in [-0.39, 0.29) is 0 Å². The summed E-state index contributed by atoms with van der Waals surface area (Å²) in [5, 5.41) is 12.1. The molecule has 7 heteroatoms. The molecule has 0 saturated carbocycles. The average molecular weight is 306 g/mol. The van der Waals surface area contributed by atoms with Crippen molar-refractivity contribution < 1.29 is 4.42 Å². The molecular formula is C11H8BrN5O. The summed E-state index contributed by atoms with van der Waals surface area (Å²) in [6, 6.07) is 8.88. The minimum atomic E-state index is 0.470. The Labute approximate surface area is 111 Å². The van der Waals surface area contributed by atoms with Crippen molar-refractivity contribution in [3.63, 3.8) is 0 Å². The molecule has 0 bridgehead atoms. The van der Waals surface area contributed by atoms with E-state index in [0.29, 0.717) is 27.8 Å². The number of nitrogens with two attached hydrogens (primary N) is 1. The molecule has 0 unspecified atom stereocenters. The van der Waals surface area contributed by atoms with Gasteiger partial charge in [-0.15, -0.1) is 5.10 Å². The van der Waals surface area contributed by atoms with E-state index >= 15 is 0 Å². The normalized spacial score (nSPS) is 10.7. The average Bonchev–Trinajstić information content (AvgIpc) is 2.97. The van der Waals surface area contributed by atoms with Crippen LogP contribution in [-0.2, 0) is 0 Å². The molecule has 2 N–H and O–H groups in total. The van der Waals surface area contributed by atoms with Crippen molar-refractivity contribution in [1.29, 1.82) is 0 Å². The third-order valence-electron chi connectivity index (χ3n) is 2.34. The van der Waals surface area contributed by atoms with Gasteiger partial charge in [-0.1, -0.05) is 0 Å². The van der Waals surface area contributed by atoms with Crippen LogP contribution in [0.3, 0.4) is 0 Å². The lowest BCUT2D eigenvalue weighted by Crippen LogP contribution is -2.04. The van der Waals surface area contributed by atoms with Gasteiger partial charge in [-0.3, -0.25) is 0 Å². The molecule has 3 aromatic heterocycles. The highest BCUT2D eigenvalue weighted by Crippen LogP contribution is 2.26. The first kappa shape index (κ1) is 11.0. The minimum absolute atomic E-state index is 0.470. The molecule has 0 aromatic carbocycles. The first-order chi connectivity index (χ1) is 8.74. The molecule has 0 saturated heterocycles. The van der Waals surface area contributed by atoms with Crippen LogP contribution in [0.15, 0.2) is 45.6 Å². The first-order valence-electron chi connectivity index (χ1n) is 5.13. The van der Waals surface area contributed by atoms with Crippen LogP contribution in [0.5, 0.6) is 0 Å². The van der Waals surface area contributed by atoms with Gasteiger partial charge in [0.25, 0.3) is 0 Å². The zero-order valence-electron chi connectivity index (χ0n) is 9.12. The molecule has 6 nitrogen and oxygen atoms in total. The van der Waals surface area contributed by atoms with Crippen molar-refractivity contribution in [1.82, 2.24) is 20.0 Å². The van der Waals surface area contributed by atoms with E-state index in [2.05, 4.69) is 31.2 Å².